The van der Waals surface area contributed by atoms with Crippen molar-refractivity contribution in [3.05, 3.63) is 42.0 Å². The number of aliphatic carboxylic acids is 1. The zero-order valence-corrected chi connectivity index (χ0v) is 17.6. The second kappa shape index (κ2) is 11.5. The minimum atomic E-state index is -5.08. The van der Waals surface area contributed by atoms with Gasteiger partial charge >= 0.3 is 12.1 Å². The largest absolute Gasteiger partial charge is 0.490 e. The second-order valence-electron chi connectivity index (χ2n) is 7.56. The van der Waals surface area contributed by atoms with Gasteiger partial charge in [-0.3, -0.25) is 9.59 Å². The van der Waals surface area contributed by atoms with Crippen molar-refractivity contribution in [2.75, 3.05) is 11.4 Å². The molecule has 0 unspecified atom stereocenters. The number of nitrogens with one attached hydrogen (secondary N) is 1. The third-order valence-electron chi connectivity index (χ3n) is 4.33. The van der Waals surface area contributed by atoms with Gasteiger partial charge in [-0.1, -0.05) is 38.1 Å². The van der Waals surface area contributed by atoms with Gasteiger partial charge in [0, 0.05) is 24.4 Å². The highest BCUT2D eigenvalue weighted by Crippen LogP contribution is 2.27. The standard InChI is InChI=1S/C19H27N3O2.C2HF3O2/c1-13(2)12-16(21-19(24)14(3)20)8-9-18(23)22-11-10-15-6-4-5-7-17(15)22;3-2(4,5)1(6)7/h4-9,13-14,16H,10-12,20H2,1-3H3,(H,21,24);(H,6,7)/b9-8+;/t14-,16+;/m0./s1. The number of anilines is 1. The van der Waals surface area contributed by atoms with Crippen molar-refractivity contribution < 1.29 is 32.7 Å². The highest BCUT2D eigenvalue weighted by molar-refractivity contribution is 6.03. The minimum absolute atomic E-state index is 0.0521. The zero-order valence-electron chi connectivity index (χ0n) is 17.6. The number of fused-ring (bicyclic) bond motifs is 1. The lowest BCUT2D eigenvalue weighted by molar-refractivity contribution is -0.192. The molecule has 10 heteroatoms. The molecular formula is C21H28F3N3O4. The number of hydrogen-bond donors (Lipinski definition) is 3. The Morgan fingerprint density at radius 1 is 1.23 bits per heavy atom. The van der Waals surface area contributed by atoms with Crippen LogP contribution in [0.25, 0.3) is 0 Å². The lowest BCUT2D eigenvalue weighted by Gasteiger charge is -2.19. The summed E-state index contributed by atoms with van der Waals surface area (Å²) < 4.78 is 31.7. The molecule has 4 N–H and O–H groups in total. The number of alkyl halides is 3. The van der Waals surface area contributed by atoms with Gasteiger partial charge in [-0.05, 0) is 37.3 Å². The fraction of sp³-hybridized carbons (Fsp3) is 0.476. The van der Waals surface area contributed by atoms with Gasteiger partial charge in [-0.15, -0.1) is 0 Å². The molecule has 2 amide bonds. The van der Waals surface area contributed by atoms with Crippen LogP contribution in [0, 0.1) is 5.92 Å². The molecule has 0 bridgehead atoms. The lowest BCUT2D eigenvalue weighted by Crippen LogP contribution is -2.43. The first kappa shape index (κ1) is 26.2. The van der Waals surface area contributed by atoms with Gasteiger partial charge in [-0.2, -0.15) is 13.2 Å². The molecule has 0 aliphatic carbocycles. The lowest BCUT2D eigenvalue weighted by atomic mass is 10.0. The normalized spacial score (nSPS) is 15.2. The zero-order chi connectivity index (χ0) is 23.8. The third kappa shape index (κ3) is 8.79. The summed E-state index contributed by atoms with van der Waals surface area (Å²) in [6.45, 7) is 6.51. The van der Waals surface area contributed by atoms with E-state index in [1.54, 1.807) is 24.0 Å². The predicted octanol–water partition coefficient (Wildman–Crippen LogP) is 2.64. The van der Waals surface area contributed by atoms with Crippen molar-refractivity contribution in [1.82, 2.24) is 5.32 Å². The van der Waals surface area contributed by atoms with Crippen molar-refractivity contribution in [2.45, 2.75) is 51.9 Å². The Kier molecular flexibility index (Phi) is 9.70. The van der Waals surface area contributed by atoms with Crippen LogP contribution in [0.4, 0.5) is 18.9 Å². The molecule has 1 aliphatic rings. The van der Waals surface area contributed by atoms with Crippen molar-refractivity contribution in [3.8, 4) is 0 Å². The predicted molar refractivity (Wildman–Crippen MR) is 110 cm³/mol. The van der Waals surface area contributed by atoms with E-state index in [1.807, 2.05) is 18.2 Å². The molecule has 1 aromatic rings. The van der Waals surface area contributed by atoms with Gasteiger partial charge in [-0.25, -0.2) is 4.79 Å². The smallest absolute Gasteiger partial charge is 0.475 e. The quantitative estimate of drug-likeness (QED) is 0.585. The minimum Gasteiger partial charge on any atom is -0.475 e. The van der Waals surface area contributed by atoms with Crippen LogP contribution < -0.4 is 16.0 Å². The molecule has 2 rings (SSSR count). The van der Waals surface area contributed by atoms with Gasteiger partial charge in [0.25, 0.3) is 5.91 Å². The van der Waals surface area contributed by atoms with Crippen molar-refractivity contribution in [3.63, 3.8) is 0 Å². The number of carboxylic acid groups (broad SMARTS) is 1. The number of benzene rings is 1. The van der Waals surface area contributed by atoms with E-state index < -0.39 is 18.2 Å². The number of carbonyl (C=O) groups is 3. The summed E-state index contributed by atoms with van der Waals surface area (Å²) in [6, 6.07) is 7.21. The molecule has 0 saturated carbocycles. The molecule has 1 heterocycles. The summed E-state index contributed by atoms with van der Waals surface area (Å²) in [5.41, 5.74) is 7.79. The summed E-state index contributed by atoms with van der Waals surface area (Å²) >= 11 is 0. The number of para-hydroxylation sites is 1. The van der Waals surface area contributed by atoms with Crippen molar-refractivity contribution >= 4 is 23.5 Å². The summed E-state index contributed by atoms with van der Waals surface area (Å²) in [6.07, 6.45) is -0.0917. The molecule has 2 atom stereocenters. The molecule has 172 valence electrons. The average molecular weight is 443 g/mol. The highest BCUT2D eigenvalue weighted by atomic mass is 19.4. The number of halogens is 3. The molecule has 1 aliphatic heterocycles. The summed E-state index contributed by atoms with van der Waals surface area (Å²) in [7, 11) is 0. The maximum atomic E-state index is 12.5. The first-order chi connectivity index (χ1) is 14.3. The molecule has 1 aromatic carbocycles. The first-order valence-corrected chi connectivity index (χ1v) is 9.76. The Labute approximate surface area is 179 Å². The average Bonchev–Trinajstić information content (AvgIpc) is 3.09. The molecule has 7 nitrogen and oxygen atoms in total. The number of amides is 2. The molecule has 0 radical (unpaired) electrons. The SMILES string of the molecule is CC(C)C[C@@H](/C=C/C(=O)N1CCc2ccccc21)NC(=O)[C@H](C)N.O=C(O)C(F)(F)F. The fourth-order valence-corrected chi connectivity index (χ4v) is 2.86. The van der Waals surface area contributed by atoms with Gasteiger partial charge in [0.1, 0.15) is 0 Å². The molecule has 0 fully saturated rings. The van der Waals surface area contributed by atoms with E-state index in [0.29, 0.717) is 12.5 Å². The van der Waals surface area contributed by atoms with E-state index >= 15 is 0 Å². The number of rotatable bonds is 6. The number of carboxylic acids is 1. The number of nitrogens with zero attached hydrogens (tertiary/aromatic N) is 1. The first-order valence-electron chi connectivity index (χ1n) is 9.76. The second-order valence-corrected chi connectivity index (χ2v) is 7.56. The Bertz CT molecular complexity index is 807. The van der Waals surface area contributed by atoms with Crippen LogP contribution in [0.2, 0.25) is 0 Å². The van der Waals surface area contributed by atoms with E-state index in [1.165, 1.54) is 5.56 Å². The van der Waals surface area contributed by atoms with Crippen LogP contribution in [0.3, 0.4) is 0 Å². The summed E-state index contributed by atoms with van der Waals surface area (Å²) in [5, 5.41) is 10.0. The Morgan fingerprint density at radius 2 is 1.81 bits per heavy atom. The van der Waals surface area contributed by atoms with Crippen LogP contribution in [0.1, 0.15) is 32.8 Å². The van der Waals surface area contributed by atoms with E-state index in [2.05, 4.69) is 25.2 Å². The van der Waals surface area contributed by atoms with Gasteiger partial charge in [0.05, 0.1) is 6.04 Å². The Balaban J connectivity index is 0.000000592. The van der Waals surface area contributed by atoms with Gasteiger partial charge < -0.3 is 21.1 Å². The Morgan fingerprint density at radius 3 is 2.32 bits per heavy atom. The van der Waals surface area contributed by atoms with E-state index in [-0.39, 0.29) is 17.9 Å². The molecule has 0 saturated heterocycles. The van der Waals surface area contributed by atoms with Crippen molar-refractivity contribution in [1.29, 1.82) is 0 Å². The highest BCUT2D eigenvalue weighted by Gasteiger charge is 2.38. The third-order valence-corrected chi connectivity index (χ3v) is 4.33. The molecule has 31 heavy (non-hydrogen) atoms. The molecular weight excluding hydrogens is 415 g/mol. The summed E-state index contributed by atoms with van der Waals surface area (Å²) in [4.78, 5) is 35.0. The van der Waals surface area contributed by atoms with Crippen LogP contribution in [0.5, 0.6) is 0 Å². The molecule has 0 aromatic heterocycles. The maximum absolute atomic E-state index is 12.5. The number of hydrogen-bond acceptors (Lipinski definition) is 4. The van der Waals surface area contributed by atoms with Crippen LogP contribution in [-0.4, -0.2) is 47.7 Å². The Hall–Kier alpha value is -2.88. The molecule has 0 spiro atoms. The number of carbonyl (C=O) groups excluding carboxylic acids is 2. The van der Waals surface area contributed by atoms with Crippen LogP contribution in [-0.2, 0) is 20.8 Å². The topological polar surface area (TPSA) is 113 Å². The maximum Gasteiger partial charge on any atom is 0.490 e. The van der Waals surface area contributed by atoms with E-state index in [0.717, 1.165) is 18.5 Å². The van der Waals surface area contributed by atoms with E-state index in [4.69, 9.17) is 15.6 Å². The van der Waals surface area contributed by atoms with Gasteiger partial charge in [0.2, 0.25) is 5.91 Å². The van der Waals surface area contributed by atoms with Crippen LogP contribution in [0.15, 0.2) is 36.4 Å². The van der Waals surface area contributed by atoms with Crippen LogP contribution >= 0.6 is 0 Å². The summed E-state index contributed by atoms with van der Waals surface area (Å²) in [5.74, 6) is -2.61. The number of nitrogens with two attached hydrogens (primary N) is 1. The van der Waals surface area contributed by atoms with Gasteiger partial charge in [0.15, 0.2) is 0 Å². The monoisotopic (exact) mass is 443 g/mol. The fourth-order valence-electron chi connectivity index (χ4n) is 2.86. The van der Waals surface area contributed by atoms with E-state index in [9.17, 15) is 22.8 Å². The van der Waals surface area contributed by atoms with Crippen molar-refractivity contribution in [2.24, 2.45) is 11.7 Å².